The van der Waals surface area contributed by atoms with Crippen molar-refractivity contribution in [3.05, 3.63) is 76.9 Å². The Morgan fingerprint density at radius 1 is 0.727 bits per heavy atom. The molecule has 0 heterocycles. The summed E-state index contributed by atoms with van der Waals surface area (Å²) in [6.45, 7) is 1.64. The number of nitrogens with zero attached hydrogens (tertiary/aromatic N) is 2. The summed E-state index contributed by atoms with van der Waals surface area (Å²) >= 11 is 0. The molecular weight excluding hydrogens is 420 g/mol. The van der Waals surface area contributed by atoms with Gasteiger partial charge in [-0.1, -0.05) is 24.3 Å². The molecule has 33 heavy (non-hydrogen) atoms. The second kappa shape index (κ2) is 9.16. The number of carbonyl (C=O) groups is 3. The third kappa shape index (κ3) is 4.57. The van der Waals surface area contributed by atoms with Crippen molar-refractivity contribution in [3.8, 4) is 28.0 Å². The molecule has 7 heteroatoms. The fourth-order valence-electron chi connectivity index (χ4n) is 3.65. The topological polar surface area (TPSA) is 98.1 Å². The number of phenolic OH excluding ortho intramolecular Hbond substituents is 1. The van der Waals surface area contributed by atoms with Crippen molar-refractivity contribution in [2.75, 3.05) is 28.2 Å². The summed E-state index contributed by atoms with van der Waals surface area (Å²) in [4.78, 5) is 39.3. The van der Waals surface area contributed by atoms with E-state index < -0.39 is 5.97 Å². The number of benzene rings is 3. The Morgan fingerprint density at radius 2 is 1.15 bits per heavy atom. The van der Waals surface area contributed by atoms with E-state index in [0.29, 0.717) is 38.9 Å². The number of hydrogen-bond donors (Lipinski definition) is 2. The summed E-state index contributed by atoms with van der Waals surface area (Å²) in [6, 6.07) is 14.7. The zero-order valence-electron chi connectivity index (χ0n) is 19.2. The highest BCUT2D eigenvalue weighted by Crippen LogP contribution is 2.42. The monoisotopic (exact) mass is 446 g/mol. The van der Waals surface area contributed by atoms with E-state index in [2.05, 4.69) is 0 Å². The van der Waals surface area contributed by atoms with E-state index in [4.69, 9.17) is 0 Å². The second-order valence-electron chi connectivity index (χ2n) is 8.18. The fourth-order valence-corrected chi connectivity index (χ4v) is 3.65. The molecule has 3 rings (SSSR count). The minimum absolute atomic E-state index is 0.0553. The van der Waals surface area contributed by atoms with Gasteiger partial charge in [-0.25, -0.2) is 4.79 Å². The number of rotatable bonds is 5. The van der Waals surface area contributed by atoms with Crippen molar-refractivity contribution >= 4 is 17.8 Å². The molecule has 0 saturated heterocycles. The van der Waals surface area contributed by atoms with Gasteiger partial charge in [-0.05, 0) is 53.9 Å². The molecule has 2 amide bonds. The van der Waals surface area contributed by atoms with E-state index in [1.807, 2.05) is 0 Å². The van der Waals surface area contributed by atoms with Crippen LogP contribution in [0.4, 0.5) is 0 Å². The van der Waals surface area contributed by atoms with Crippen LogP contribution < -0.4 is 0 Å². The van der Waals surface area contributed by atoms with E-state index in [0.717, 1.165) is 0 Å². The molecule has 0 unspecified atom stereocenters. The van der Waals surface area contributed by atoms with Crippen LogP contribution in [0.2, 0.25) is 0 Å². The second-order valence-corrected chi connectivity index (χ2v) is 8.18. The van der Waals surface area contributed by atoms with Crippen LogP contribution in [-0.2, 0) is 0 Å². The predicted octanol–water partition coefficient (Wildman–Crippen LogP) is 4.14. The van der Waals surface area contributed by atoms with Gasteiger partial charge in [-0.3, -0.25) is 9.59 Å². The number of carboxylic acid groups (broad SMARTS) is 1. The zero-order chi connectivity index (χ0) is 24.4. The van der Waals surface area contributed by atoms with Crippen molar-refractivity contribution in [1.82, 2.24) is 9.80 Å². The smallest absolute Gasteiger partial charge is 0.336 e. The van der Waals surface area contributed by atoms with Gasteiger partial charge in [-0.15, -0.1) is 0 Å². The molecule has 0 aliphatic carbocycles. The van der Waals surface area contributed by atoms with E-state index in [9.17, 15) is 24.6 Å². The Balaban J connectivity index is 2.16. The Bertz CT molecular complexity index is 1230. The Labute approximate surface area is 192 Å². The third-order valence-electron chi connectivity index (χ3n) is 5.47. The van der Waals surface area contributed by atoms with Crippen LogP contribution >= 0.6 is 0 Å². The molecule has 0 radical (unpaired) electrons. The maximum Gasteiger partial charge on any atom is 0.336 e. The molecule has 3 aromatic rings. The van der Waals surface area contributed by atoms with Crippen LogP contribution in [0.25, 0.3) is 22.3 Å². The van der Waals surface area contributed by atoms with Crippen LogP contribution in [0.3, 0.4) is 0 Å². The highest BCUT2D eigenvalue weighted by Gasteiger charge is 2.21. The van der Waals surface area contributed by atoms with Crippen LogP contribution in [0.15, 0.2) is 54.6 Å². The van der Waals surface area contributed by atoms with Crippen molar-refractivity contribution in [2.24, 2.45) is 0 Å². The maximum absolute atomic E-state index is 12.2. The number of aromatic hydroxyl groups is 1. The third-order valence-corrected chi connectivity index (χ3v) is 5.47. The van der Waals surface area contributed by atoms with E-state index in [-0.39, 0.29) is 23.1 Å². The largest absolute Gasteiger partial charge is 0.507 e. The average molecular weight is 447 g/mol. The van der Waals surface area contributed by atoms with Gasteiger partial charge in [-0.2, -0.15) is 0 Å². The Kier molecular flexibility index (Phi) is 6.53. The van der Waals surface area contributed by atoms with E-state index >= 15 is 0 Å². The van der Waals surface area contributed by atoms with Crippen molar-refractivity contribution in [2.45, 2.75) is 6.92 Å². The molecule has 0 saturated carbocycles. The first-order valence-corrected chi connectivity index (χ1v) is 10.3. The highest BCUT2D eigenvalue weighted by atomic mass is 16.4. The molecule has 3 aromatic carbocycles. The first-order chi connectivity index (χ1) is 15.5. The number of amides is 2. The van der Waals surface area contributed by atoms with Gasteiger partial charge in [0.25, 0.3) is 11.8 Å². The first-order valence-electron chi connectivity index (χ1n) is 10.3. The molecule has 0 atom stereocenters. The minimum Gasteiger partial charge on any atom is -0.507 e. The predicted molar refractivity (Wildman–Crippen MR) is 127 cm³/mol. The van der Waals surface area contributed by atoms with E-state index in [1.165, 1.54) is 15.9 Å². The number of carbonyl (C=O) groups excluding carboxylic acids is 2. The summed E-state index contributed by atoms with van der Waals surface area (Å²) in [5.74, 6) is -1.51. The fraction of sp³-hybridized carbons (Fsp3) is 0.192. The lowest BCUT2D eigenvalue weighted by Crippen LogP contribution is -2.21. The molecule has 0 aromatic heterocycles. The minimum atomic E-state index is -1.12. The Hall–Kier alpha value is -4.13. The van der Waals surface area contributed by atoms with Gasteiger partial charge in [0.15, 0.2) is 0 Å². The SMILES string of the molecule is Cc1c(C(=O)O)cc(-c2ccc(C(=O)N(C)C)cc2)c(O)c1-c1ccc(C(=O)N(C)C)cc1. The van der Waals surface area contributed by atoms with Gasteiger partial charge in [0, 0.05) is 50.4 Å². The molecule has 0 bridgehead atoms. The maximum atomic E-state index is 12.2. The van der Waals surface area contributed by atoms with Crippen molar-refractivity contribution in [1.29, 1.82) is 0 Å². The summed E-state index contributed by atoms with van der Waals surface area (Å²) in [7, 11) is 6.63. The first kappa shape index (κ1) is 23.5. The zero-order valence-corrected chi connectivity index (χ0v) is 19.2. The van der Waals surface area contributed by atoms with Crippen LogP contribution in [0.1, 0.15) is 36.6 Å². The molecule has 0 spiro atoms. The molecule has 0 aliphatic heterocycles. The van der Waals surface area contributed by atoms with Gasteiger partial charge < -0.3 is 20.0 Å². The highest BCUT2D eigenvalue weighted by molar-refractivity contribution is 5.99. The number of aromatic carboxylic acids is 1. The molecule has 0 aliphatic rings. The molecule has 0 fully saturated rings. The average Bonchev–Trinajstić information content (AvgIpc) is 2.78. The summed E-state index contributed by atoms with van der Waals surface area (Å²) in [5, 5.41) is 20.9. The van der Waals surface area contributed by atoms with Crippen LogP contribution in [0.5, 0.6) is 5.75 Å². The summed E-state index contributed by atoms with van der Waals surface area (Å²) < 4.78 is 0. The molecule has 2 N–H and O–H groups in total. The van der Waals surface area contributed by atoms with Gasteiger partial charge in [0.2, 0.25) is 0 Å². The summed E-state index contributed by atoms with van der Waals surface area (Å²) in [5.41, 5.74) is 3.31. The summed E-state index contributed by atoms with van der Waals surface area (Å²) in [6.07, 6.45) is 0. The molecule has 170 valence electrons. The molecule has 7 nitrogen and oxygen atoms in total. The standard InChI is InChI=1S/C26H26N2O5/c1-15-20(26(32)33)14-21(16-6-10-18(11-7-16)24(30)27(2)3)23(29)22(15)17-8-12-19(13-9-17)25(31)28(4)5/h6-14,29H,1-5H3,(H,32,33). The molecular formula is C26H26N2O5. The van der Waals surface area contributed by atoms with Crippen molar-refractivity contribution < 1.29 is 24.6 Å². The Morgan fingerprint density at radius 3 is 1.55 bits per heavy atom. The lowest BCUT2D eigenvalue weighted by atomic mass is 9.89. The number of carboxylic acids is 1. The number of hydrogen-bond acceptors (Lipinski definition) is 4. The van der Waals surface area contributed by atoms with Gasteiger partial charge in [0.1, 0.15) is 5.75 Å². The van der Waals surface area contributed by atoms with E-state index in [1.54, 1.807) is 83.6 Å². The number of phenols is 1. The van der Waals surface area contributed by atoms with Crippen LogP contribution in [0, 0.1) is 6.92 Å². The quantitative estimate of drug-likeness (QED) is 0.614. The lowest BCUT2D eigenvalue weighted by Gasteiger charge is -2.17. The van der Waals surface area contributed by atoms with Crippen molar-refractivity contribution in [3.63, 3.8) is 0 Å². The van der Waals surface area contributed by atoms with Gasteiger partial charge >= 0.3 is 5.97 Å². The lowest BCUT2D eigenvalue weighted by molar-refractivity contribution is 0.0695. The normalized spacial score (nSPS) is 10.6. The van der Waals surface area contributed by atoms with Crippen LogP contribution in [-0.4, -0.2) is 66.0 Å². The van der Waals surface area contributed by atoms with Gasteiger partial charge in [0.05, 0.1) is 5.56 Å².